The number of aryl methyl sites for hydroxylation is 2. The number of nitrogens with zero attached hydrogens (tertiary/aromatic N) is 1. The quantitative estimate of drug-likeness (QED) is 0.855. The maximum Gasteiger partial charge on any atom is 0.260 e. The Morgan fingerprint density at radius 3 is 2.16 bits per heavy atom. The second-order valence-corrected chi connectivity index (χ2v) is 4.62. The molecule has 0 aliphatic heterocycles. The smallest absolute Gasteiger partial charge is 0.260 e. The van der Waals surface area contributed by atoms with Crippen molar-refractivity contribution >= 4 is 5.91 Å². The molecule has 19 heavy (non-hydrogen) atoms. The van der Waals surface area contributed by atoms with Crippen LogP contribution in [-0.4, -0.2) is 30.5 Å². The molecule has 0 aliphatic rings. The van der Waals surface area contributed by atoms with Crippen LogP contribution in [0.4, 0.5) is 0 Å². The zero-order valence-electron chi connectivity index (χ0n) is 12.3. The lowest BCUT2D eigenvalue weighted by Crippen LogP contribution is -2.34. The molecule has 1 aromatic rings. The Labute approximate surface area is 115 Å². The van der Waals surface area contributed by atoms with Gasteiger partial charge in [-0.25, -0.2) is 0 Å². The summed E-state index contributed by atoms with van der Waals surface area (Å²) in [5.41, 5.74) is 8.76. The lowest BCUT2D eigenvalue weighted by molar-refractivity contribution is -0.132. The van der Waals surface area contributed by atoms with Crippen molar-refractivity contribution in [3.63, 3.8) is 0 Å². The van der Waals surface area contributed by atoms with Gasteiger partial charge in [-0.3, -0.25) is 4.79 Å². The van der Waals surface area contributed by atoms with Crippen molar-refractivity contribution in [2.24, 2.45) is 5.73 Å². The minimum Gasteiger partial charge on any atom is -0.483 e. The molecule has 4 heteroatoms. The van der Waals surface area contributed by atoms with E-state index in [9.17, 15) is 4.79 Å². The summed E-state index contributed by atoms with van der Waals surface area (Å²) in [5.74, 6) is 0.810. The molecule has 0 radical (unpaired) electrons. The van der Waals surface area contributed by atoms with Gasteiger partial charge in [0.25, 0.3) is 5.91 Å². The summed E-state index contributed by atoms with van der Waals surface area (Å²) in [6, 6.07) is 4.01. The van der Waals surface area contributed by atoms with Crippen molar-refractivity contribution in [1.82, 2.24) is 4.90 Å². The fourth-order valence-electron chi connectivity index (χ4n) is 2.19. The van der Waals surface area contributed by atoms with Crippen LogP contribution < -0.4 is 10.5 Å². The first-order valence-corrected chi connectivity index (χ1v) is 6.74. The third kappa shape index (κ3) is 3.96. The van der Waals surface area contributed by atoms with Crippen molar-refractivity contribution in [1.29, 1.82) is 0 Å². The Hall–Kier alpha value is -1.55. The van der Waals surface area contributed by atoms with E-state index in [2.05, 4.69) is 0 Å². The van der Waals surface area contributed by atoms with Crippen molar-refractivity contribution in [3.05, 3.63) is 28.8 Å². The number of benzene rings is 1. The van der Waals surface area contributed by atoms with Crippen LogP contribution in [0.5, 0.6) is 5.75 Å². The van der Waals surface area contributed by atoms with E-state index in [-0.39, 0.29) is 12.5 Å². The molecule has 4 nitrogen and oxygen atoms in total. The lowest BCUT2D eigenvalue weighted by Gasteiger charge is -2.20. The van der Waals surface area contributed by atoms with Crippen LogP contribution in [0.15, 0.2) is 12.1 Å². The molecule has 1 rings (SSSR count). The van der Waals surface area contributed by atoms with Crippen molar-refractivity contribution in [3.8, 4) is 5.75 Å². The third-order valence-corrected chi connectivity index (χ3v) is 3.21. The Balaban J connectivity index is 2.75. The standard InChI is InChI=1S/C15H24N2O2/c1-5-17(6-2)14(18)10-19-15-11(3)7-13(9-16)8-12(15)4/h7-8H,5-6,9-10,16H2,1-4H3. The first kappa shape index (κ1) is 15.5. The maximum atomic E-state index is 11.9. The predicted octanol–water partition coefficient (Wildman–Crippen LogP) is 2.01. The molecular formula is C15H24N2O2. The second kappa shape index (κ2) is 7.14. The molecular weight excluding hydrogens is 240 g/mol. The van der Waals surface area contributed by atoms with E-state index in [1.807, 2.05) is 39.8 Å². The van der Waals surface area contributed by atoms with Gasteiger partial charge >= 0.3 is 0 Å². The van der Waals surface area contributed by atoms with E-state index in [0.717, 1.165) is 22.4 Å². The van der Waals surface area contributed by atoms with E-state index >= 15 is 0 Å². The molecule has 0 spiro atoms. The second-order valence-electron chi connectivity index (χ2n) is 4.62. The molecule has 0 saturated heterocycles. The summed E-state index contributed by atoms with van der Waals surface area (Å²) in [6.07, 6.45) is 0. The molecule has 0 fully saturated rings. The van der Waals surface area contributed by atoms with Crippen LogP contribution in [0.3, 0.4) is 0 Å². The largest absolute Gasteiger partial charge is 0.483 e. The van der Waals surface area contributed by atoms with Crippen molar-refractivity contribution < 1.29 is 9.53 Å². The summed E-state index contributed by atoms with van der Waals surface area (Å²) < 4.78 is 5.68. The number of hydrogen-bond acceptors (Lipinski definition) is 3. The molecule has 0 aromatic heterocycles. The molecule has 0 unspecified atom stereocenters. The average molecular weight is 264 g/mol. The minimum absolute atomic E-state index is 0.0201. The van der Waals surface area contributed by atoms with Crippen LogP contribution in [0.1, 0.15) is 30.5 Å². The SMILES string of the molecule is CCN(CC)C(=O)COc1c(C)cc(CN)cc1C. The van der Waals surface area contributed by atoms with Crippen molar-refractivity contribution in [2.75, 3.05) is 19.7 Å². The van der Waals surface area contributed by atoms with E-state index in [0.29, 0.717) is 19.6 Å². The Morgan fingerprint density at radius 1 is 1.21 bits per heavy atom. The van der Waals surface area contributed by atoms with Gasteiger partial charge in [-0.15, -0.1) is 0 Å². The topological polar surface area (TPSA) is 55.6 Å². The maximum absolute atomic E-state index is 11.9. The molecule has 0 aliphatic carbocycles. The van der Waals surface area contributed by atoms with E-state index in [4.69, 9.17) is 10.5 Å². The summed E-state index contributed by atoms with van der Waals surface area (Å²) >= 11 is 0. The molecule has 2 N–H and O–H groups in total. The molecule has 0 saturated carbocycles. The number of carbonyl (C=O) groups excluding carboxylic acids is 1. The van der Waals surface area contributed by atoms with Crippen molar-refractivity contribution in [2.45, 2.75) is 34.2 Å². The number of amides is 1. The van der Waals surface area contributed by atoms with E-state index in [1.165, 1.54) is 0 Å². The van der Waals surface area contributed by atoms with Crippen LogP contribution in [0.25, 0.3) is 0 Å². The third-order valence-electron chi connectivity index (χ3n) is 3.21. The number of rotatable bonds is 6. The summed E-state index contributed by atoms with van der Waals surface area (Å²) in [4.78, 5) is 13.7. The van der Waals surface area contributed by atoms with Crippen LogP contribution in [-0.2, 0) is 11.3 Å². The highest BCUT2D eigenvalue weighted by atomic mass is 16.5. The predicted molar refractivity (Wildman–Crippen MR) is 77.2 cm³/mol. The van der Waals surface area contributed by atoms with E-state index < -0.39 is 0 Å². The first-order chi connectivity index (χ1) is 9.03. The van der Waals surface area contributed by atoms with Gasteiger partial charge in [-0.05, 0) is 44.4 Å². The normalized spacial score (nSPS) is 10.4. The highest BCUT2D eigenvalue weighted by Gasteiger charge is 2.12. The Kier molecular flexibility index (Phi) is 5.83. The number of likely N-dealkylation sites (N-methyl/N-ethyl adjacent to an activating group) is 1. The molecule has 0 atom stereocenters. The van der Waals surface area contributed by atoms with Crippen LogP contribution in [0, 0.1) is 13.8 Å². The first-order valence-electron chi connectivity index (χ1n) is 6.74. The average Bonchev–Trinajstić information content (AvgIpc) is 2.38. The van der Waals surface area contributed by atoms with Gasteiger partial charge in [0.15, 0.2) is 6.61 Å². The fraction of sp³-hybridized carbons (Fsp3) is 0.533. The van der Waals surface area contributed by atoms with Gasteiger partial charge in [0, 0.05) is 19.6 Å². The van der Waals surface area contributed by atoms with Crippen LogP contribution in [0.2, 0.25) is 0 Å². The Bertz CT molecular complexity index is 417. The van der Waals surface area contributed by atoms with Gasteiger partial charge < -0.3 is 15.4 Å². The molecule has 106 valence electrons. The highest BCUT2D eigenvalue weighted by molar-refractivity contribution is 5.77. The number of ether oxygens (including phenoxy) is 1. The number of hydrogen-bond donors (Lipinski definition) is 1. The van der Waals surface area contributed by atoms with Gasteiger partial charge in [0.05, 0.1) is 0 Å². The molecule has 0 heterocycles. The Morgan fingerprint density at radius 2 is 1.74 bits per heavy atom. The summed E-state index contributed by atoms with van der Waals surface area (Å²) in [6.45, 7) is 9.91. The molecule has 1 aromatic carbocycles. The molecule has 0 bridgehead atoms. The highest BCUT2D eigenvalue weighted by Crippen LogP contribution is 2.24. The van der Waals surface area contributed by atoms with Gasteiger partial charge in [0.2, 0.25) is 0 Å². The van der Waals surface area contributed by atoms with Crippen LogP contribution >= 0.6 is 0 Å². The zero-order chi connectivity index (χ0) is 14.4. The minimum atomic E-state index is 0.0201. The van der Waals surface area contributed by atoms with Gasteiger partial charge in [-0.1, -0.05) is 12.1 Å². The monoisotopic (exact) mass is 264 g/mol. The zero-order valence-corrected chi connectivity index (χ0v) is 12.3. The van der Waals surface area contributed by atoms with Gasteiger partial charge in [-0.2, -0.15) is 0 Å². The number of carbonyl (C=O) groups is 1. The summed E-state index contributed by atoms with van der Waals surface area (Å²) in [7, 11) is 0. The van der Waals surface area contributed by atoms with E-state index in [1.54, 1.807) is 4.90 Å². The number of nitrogens with two attached hydrogens (primary N) is 1. The summed E-state index contributed by atoms with van der Waals surface area (Å²) in [5, 5.41) is 0. The molecule has 1 amide bonds. The lowest BCUT2D eigenvalue weighted by atomic mass is 10.1. The fourth-order valence-corrected chi connectivity index (χ4v) is 2.19. The van der Waals surface area contributed by atoms with Gasteiger partial charge in [0.1, 0.15) is 5.75 Å².